The maximum absolute atomic E-state index is 13.0. The molecule has 2 aromatic heterocycles. The van der Waals surface area contributed by atoms with E-state index in [-0.39, 0.29) is 0 Å². The zero-order valence-electron chi connectivity index (χ0n) is 21.2. The highest BCUT2D eigenvalue weighted by atomic mass is 32.2. The number of nitrogens with zero attached hydrogens (tertiary/aromatic N) is 1. The molecule has 4 aromatic rings. The maximum atomic E-state index is 13.0. The van der Waals surface area contributed by atoms with Gasteiger partial charge in [0.1, 0.15) is 5.82 Å². The summed E-state index contributed by atoms with van der Waals surface area (Å²) in [6.45, 7) is 1.72. The molecule has 222 valence electrons. The molecule has 0 atom stereocenters. The summed E-state index contributed by atoms with van der Waals surface area (Å²) < 4.78 is 95.3. The first-order valence-corrected chi connectivity index (χ1v) is 14.5. The normalized spacial score (nSPS) is 12.3. The molecule has 16 heteroatoms. The summed E-state index contributed by atoms with van der Waals surface area (Å²) in [7, 11) is -3.16. The smallest absolute Gasteiger partial charge is 0.475 e. The fourth-order valence-corrected chi connectivity index (χ4v) is 4.92. The Bertz CT molecular complexity index is 1600. The first-order chi connectivity index (χ1) is 19.0. The first-order valence-electron chi connectivity index (χ1n) is 11.7. The van der Waals surface area contributed by atoms with Crippen LogP contribution in [0.25, 0.3) is 32.2 Å². The number of aliphatic carboxylic acids is 1. The predicted octanol–water partition coefficient (Wildman–Crippen LogP) is 5.64. The van der Waals surface area contributed by atoms with E-state index in [2.05, 4.69) is 26.1 Å². The number of thiophene rings is 1. The molecule has 2 heterocycles. The number of aromatic amines is 1. The van der Waals surface area contributed by atoms with Crippen LogP contribution in [0.5, 0.6) is 0 Å². The Kier molecular flexibility index (Phi) is 10.2. The van der Waals surface area contributed by atoms with Gasteiger partial charge >= 0.3 is 18.3 Å². The molecule has 0 aliphatic carbocycles. The molecular formula is C25H24F6N4O4S2. The molecule has 4 rings (SSSR count). The van der Waals surface area contributed by atoms with Crippen LogP contribution < -0.4 is 10.0 Å². The van der Waals surface area contributed by atoms with Crippen molar-refractivity contribution in [2.24, 2.45) is 0 Å². The number of rotatable bonds is 9. The Hall–Kier alpha value is -3.47. The fourth-order valence-electron chi connectivity index (χ4n) is 3.46. The van der Waals surface area contributed by atoms with Crippen LogP contribution in [0.2, 0.25) is 0 Å². The standard InChI is InChI=1S/C23H23F3N4O2S2.C2HF3O2/c1-34(31,32)28-11-3-10-27-14-15-4-2-5-16(12-15)20-8-9-21(33-20)22-29-18-7-6-17(23(24,25)26)13-19(18)30-22;3-2(4,5)1(6)7/h2,4-9,12-13,27-28H,3,10-11,14H2,1H3,(H,29,30);(H,6,7). The van der Waals surface area contributed by atoms with E-state index in [0.29, 0.717) is 42.9 Å². The monoisotopic (exact) mass is 622 g/mol. The van der Waals surface area contributed by atoms with Gasteiger partial charge in [-0.05, 0) is 60.5 Å². The number of benzene rings is 2. The number of alkyl halides is 6. The highest BCUT2D eigenvalue weighted by Gasteiger charge is 2.38. The number of H-pyrrole nitrogens is 1. The van der Waals surface area contributed by atoms with Crippen molar-refractivity contribution in [1.82, 2.24) is 20.0 Å². The number of carboxylic acids is 1. The lowest BCUT2D eigenvalue weighted by Gasteiger charge is -2.07. The topological polar surface area (TPSA) is 124 Å². The molecule has 8 nitrogen and oxygen atoms in total. The minimum atomic E-state index is -5.08. The summed E-state index contributed by atoms with van der Waals surface area (Å²) in [5, 5.41) is 10.4. The van der Waals surface area contributed by atoms with Crippen molar-refractivity contribution in [2.75, 3.05) is 19.3 Å². The van der Waals surface area contributed by atoms with Crippen LogP contribution in [-0.4, -0.2) is 55.0 Å². The van der Waals surface area contributed by atoms with Crippen molar-refractivity contribution in [3.8, 4) is 21.1 Å². The van der Waals surface area contributed by atoms with E-state index in [1.165, 1.54) is 17.4 Å². The number of imidazole rings is 1. The van der Waals surface area contributed by atoms with Gasteiger partial charge in [-0.3, -0.25) is 0 Å². The van der Waals surface area contributed by atoms with E-state index < -0.39 is 33.9 Å². The Labute approximate surface area is 234 Å². The number of carbonyl (C=O) groups is 1. The second-order valence-electron chi connectivity index (χ2n) is 8.68. The second kappa shape index (κ2) is 13.0. The van der Waals surface area contributed by atoms with E-state index in [1.807, 2.05) is 30.3 Å². The van der Waals surface area contributed by atoms with Crippen LogP contribution in [0.1, 0.15) is 17.5 Å². The largest absolute Gasteiger partial charge is 0.490 e. The minimum Gasteiger partial charge on any atom is -0.475 e. The van der Waals surface area contributed by atoms with Gasteiger partial charge in [-0.15, -0.1) is 11.3 Å². The molecule has 0 aliphatic rings. The lowest BCUT2D eigenvalue weighted by atomic mass is 10.1. The van der Waals surface area contributed by atoms with Crippen molar-refractivity contribution >= 4 is 38.4 Å². The Morgan fingerprint density at radius 3 is 2.32 bits per heavy atom. The van der Waals surface area contributed by atoms with Crippen LogP contribution in [0.15, 0.2) is 54.6 Å². The summed E-state index contributed by atoms with van der Waals surface area (Å²) >= 11 is 1.51. The molecule has 0 amide bonds. The zero-order chi connectivity index (χ0) is 30.4. The Morgan fingerprint density at radius 2 is 1.68 bits per heavy atom. The van der Waals surface area contributed by atoms with Gasteiger partial charge in [0.15, 0.2) is 0 Å². The SMILES string of the molecule is CS(=O)(=O)NCCCNCc1cccc(-c2ccc(-c3nc4ccc(C(F)(F)F)cc4[nH]3)s2)c1.O=C(O)C(F)(F)F. The van der Waals surface area contributed by atoms with Gasteiger partial charge in [0, 0.05) is 18.0 Å². The molecule has 0 radical (unpaired) electrons. The van der Waals surface area contributed by atoms with Crippen LogP contribution in [0, 0.1) is 0 Å². The molecular weight excluding hydrogens is 598 g/mol. The number of hydrogen-bond donors (Lipinski definition) is 4. The lowest BCUT2D eigenvalue weighted by Crippen LogP contribution is -2.26. The number of carboxylic acid groups (broad SMARTS) is 1. The lowest BCUT2D eigenvalue weighted by molar-refractivity contribution is -0.192. The molecule has 0 fully saturated rings. The van der Waals surface area contributed by atoms with Crippen LogP contribution in [0.4, 0.5) is 26.3 Å². The van der Waals surface area contributed by atoms with E-state index in [4.69, 9.17) is 9.90 Å². The predicted molar refractivity (Wildman–Crippen MR) is 143 cm³/mol. The van der Waals surface area contributed by atoms with Gasteiger partial charge in [-0.2, -0.15) is 26.3 Å². The zero-order valence-corrected chi connectivity index (χ0v) is 22.9. The van der Waals surface area contributed by atoms with Gasteiger partial charge in [-0.25, -0.2) is 22.9 Å². The van der Waals surface area contributed by atoms with Gasteiger partial charge in [0.2, 0.25) is 10.0 Å². The first kappa shape index (κ1) is 32.0. The van der Waals surface area contributed by atoms with Gasteiger partial charge in [0.25, 0.3) is 0 Å². The fraction of sp³-hybridized carbons (Fsp3) is 0.280. The quantitative estimate of drug-likeness (QED) is 0.142. The summed E-state index contributed by atoms with van der Waals surface area (Å²) in [5.41, 5.74) is 2.24. The Balaban J connectivity index is 0.000000587. The number of hydrogen-bond acceptors (Lipinski definition) is 6. The summed E-state index contributed by atoms with van der Waals surface area (Å²) in [5.74, 6) is -2.22. The number of fused-ring (bicyclic) bond motifs is 1. The Morgan fingerprint density at radius 1 is 1.00 bits per heavy atom. The molecule has 4 N–H and O–H groups in total. The van der Waals surface area contributed by atoms with Crippen LogP contribution in [-0.2, 0) is 27.5 Å². The molecule has 0 unspecified atom stereocenters. The third kappa shape index (κ3) is 9.84. The summed E-state index contributed by atoms with van der Waals surface area (Å²) in [6, 6.07) is 15.4. The van der Waals surface area contributed by atoms with Crippen LogP contribution in [0.3, 0.4) is 0 Å². The third-order valence-electron chi connectivity index (χ3n) is 5.33. The van der Waals surface area contributed by atoms with Crippen molar-refractivity contribution < 1.29 is 44.7 Å². The van der Waals surface area contributed by atoms with E-state index in [9.17, 15) is 34.8 Å². The number of nitrogens with one attached hydrogen (secondary N) is 3. The van der Waals surface area contributed by atoms with Gasteiger partial charge in [0.05, 0.1) is 27.7 Å². The number of halogens is 6. The van der Waals surface area contributed by atoms with Crippen LogP contribution >= 0.6 is 11.3 Å². The molecule has 0 bridgehead atoms. The molecule has 0 saturated carbocycles. The van der Waals surface area contributed by atoms with Gasteiger partial charge < -0.3 is 15.4 Å². The molecule has 41 heavy (non-hydrogen) atoms. The molecule has 0 aliphatic heterocycles. The molecule has 0 spiro atoms. The molecule has 0 saturated heterocycles. The van der Waals surface area contributed by atoms with E-state index in [0.717, 1.165) is 39.3 Å². The average Bonchev–Trinajstić information content (AvgIpc) is 3.52. The van der Waals surface area contributed by atoms with E-state index in [1.54, 1.807) is 0 Å². The average molecular weight is 623 g/mol. The summed E-state index contributed by atoms with van der Waals surface area (Å²) in [6.07, 6.45) is -7.66. The highest BCUT2D eigenvalue weighted by molar-refractivity contribution is 7.88. The molecule has 2 aromatic carbocycles. The van der Waals surface area contributed by atoms with E-state index >= 15 is 0 Å². The van der Waals surface area contributed by atoms with Crippen molar-refractivity contribution in [3.05, 3.63) is 65.7 Å². The van der Waals surface area contributed by atoms with Crippen molar-refractivity contribution in [3.63, 3.8) is 0 Å². The summed E-state index contributed by atoms with van der Waals surface area (Å²) in [4.78, 5) is 18.2. The van der Waals surface area contributed by atoms with Gasteiger partial charge in [-0.1, -0.05) is 18.2 Å². The third-order valence-corrected chi connectivity index (χ3v) is 7.20. The van der Waals surface area contributed by atoms with Crippen molar-refractivity contribution in [2.45, 2.75) is 25.3 Å². The number of aromatic nitrogens is 2. The van der Waals surface area contributed by atoms with Crippen molar-refractivity contribution in [1.29, 1.82) is 0 Å². The number of sulfonamides is 1. The second-order valence-corrected chi connectivity index (χ2v) is 11.6. The minimum absolute atomic E-state index is 0.347. The maximum Gasteiger partial charge on any atom is 0.490 e. The highest BCUT2D eigenvalue weighted by Crippen LogP contribution is 2.36.